The topological polar surface area (TPSA) is 87.3 Å². The Morgan fingerprint density at radius 1 is 1.12 bits per heavy atom. The monoisotopic (exact) mass is 433 g/mol. The highest BCUT2D eigenvalue weighted by molar-refractivity contribution is 5.86. The normalized spacial score (nSPS) is 19.8. The molecular weight excluding hydrogens is 409 g/mol. The minimum atomic E-state index is -0.287. The van der Waals surface area contributed by atoms with Crippen LogP contribution in [0.5, 0.6) is 5.75 Å². The number of aromatic nitrogens is 3. The molecule has 1 atom stereocenters. The average molecular weight is 433 g/mol. The van der Waals surface area contributed by atoms with Crippen LogP contribution in [0.3, 0.4) is 0 Å². The molecule has 1 aliphatic heterocycles. The quantitative estimate of drug-likeness (QED) is 0.489. The summed E-state index contributed by atoms with van der Waals surface area (Å²) in [6.07, 6.45) is 2.85. The Kier molecular flexibility index (Phi) is 4.33. The number of hydrogen-bond acceptors (Lipinski definition) is 7. The van der Waals surface area contributed by atoms with Gasteiger partial charge in [0.05, 0.1) is 16.7 Å². The molecule has 1 aromatic carbocycles. The predicted molar refractivity (Wildman–Crippen MR) is 121 cm³/mol. The number of rotatable bonds is 5. The maximum Gasteiger partial charge on any atom is 0.192 e. The third-order valence-electron chi connectivity index (χ3n) is 6.55. The summed E-state index contributed by atoms with van der Waals surface area (Å²) >= 11 is 0. The fraction of sp³-hybridized carbons (Fsp3) is 0.375. The number of benzene rings is 1. The van der Waals surface area contributed by atoms with E-state index in [9.17, 15) is 9.50 Å². The number of pyridine rings is 2. The summed E-state index contributed by atoms with van der Waals surface area (Å²) < 4.78 is 18.8. The standard InChI is InChI=1S/C24H24FN5O2/c1-14-26-20-11-21(31)16(10-22(20)32-14)17-2-3-19-18(27-17)4-5-23(28-19)30-9-6-15(12-30)29-24(13-25)7-8-24/h2-5,10-11,15,29,31H,6-9,12-13H2,1H3/t15-/m0/s1. The largest absolute Gasteiger partial charge is 0.507 e. The molecular formula is C24H24FN5O2. The maximum atomic E-state index is 13.2. The van der Waals surface area contributed by atoms with E-state index in [1.54, 1.807) is 19.1 Å². The van der Waals surface area contributed by atoms with Gasteiger partial charge in [0, 0.05) is 43.2 Å². The van der Waals surface area contributed by atoms with Gasteiger partial charge in [-0.1, -0.05) is 0 Å². The number of halogens is 1. The summed E-state index contributed by atoms with van der Waals surface area (Å²) in [5.41, 5.74) is 3.75. The van der Waals surface area contributed by atoms with Crippen molar-refractivity contribution in [2.75, 3.05) is 24.7 Å². The summed E-state index contributed by atoms with van der Waals surface area (Å²) in [7, 11) is 0. The number of anilines is 1. The van der Waals surface area contributed by atoms with Gasteiger partial charge < -0.3 is 19.7 Å². The first-order chi connectivity index (χ1) is 15.5. The Morgan fingerprint density at radius 3 is 2.75 bits per heavy atom. The maximum absolute atomic E-state index is 13.2. The van der Waals surface area contributed by atoms with Gasteiger partial charge in [-0.3, -0.25) is 0 Å². The lowest BCUT2D eigenvalue weighted by Crippen LogP contribution is -2.43. The molecule has 6 rings (SSSR count). The first-order valence-corrected chi connectivity index (χ1v) is 11.0. The first kappa shape index (κ1) is 19.4. The van der Waals surface area contributed by atoms with Crippen molar-refractivity contribution < 1.29 is 13.9 Å². The molecule has 2 aliphatic rings. The second kappa shape index (κ2) is 7.13. The number of aromatic hydroxyl groups is 1. The van der Waals surface area contributed by atoms with Crippen LogP contribution in [0.2, 0.25) is 0 Å². The summed E-state index contributed by atoms with van der Waals surface area (Å²) in [5.74, 6) is 1.57. The fourth-order valence-electron chi connectivity index (χ4n) is 4.59. The molecule has 1 saturated carbocycles. The van der Waals surface area contributed by atoms with Crippen LogP contribution in [0.15, 0.2) is 40.8 Å². The molecule has 164 valence electrons. The molecule has 0 radical (unpaired) electrons. The zero-order chi connectivity index (χ0) is 21.9. The predicted octanol–water partition coefficient (Wildman–Crippen LogP) is 4.12. The van der Waals surface area contributed by atoms with E-state index in [4.69, 9.17) is 14.4 Å². The summed E-state index contributed by atoms with van der Waals surface area (Å²) in [5, 5.41) is 14.0. The van der Waals surface area contributed by atoms with Crippen LogP contribution >= 0.6 is 0 Å². The van der Waals surface area contributed by atoms with Crippen molar-refractivity contribution in [3.8, 4) is 17.0 Å². The molecule has 0 spiro atoms. The molecule has 0 amide bonds. The second-order valence-electron chi connectivity index (χ2n) is 8.96. The van der Waals surface area contributed by atoms with Crippen molar-refractivity contribution in [1.82, 2.24) is 20.3 Å². The van der Waals surface area contributed by atoms with E-state index in [-0.39, 0.29) is 18.0 Å². The minimum absolute atomic E-state index is 0.111. The van der Waals surface area contributed by atoms with E-state index >= 15 is 0 Å². The number of phenols is 1. The van der Waals surface area contributed by atoms with Gasteiger partial charge in [0.25, 0.3) is 0 Å². The molecule has 1 aliphatic carbocycles. The Bertz CT molecular complexity index is 1330. The van der Waals surface area contributed by atoms with E-state index in [0.717, 1.165) is 49.2 Å². The Morgan fingerprint density at radius 2 is 1.94 bits per heavy atom. The summed E-state index contributed by atoms with van der Waals surface area (Å²) in [6.45, 7) is 3.22. The number of phenolic OH excluding ortho intramolecular Hbond substituents is 1. The van der Waals surface area contributed by atoms with Crippen molar-refractivity contribution in [2.24, 2.45) is 0 Å². The second-order valence-corrected chi connectivity index (χ2v) is 8.96. The van der Waals surface area contributed by atoms with Crippen molar-refractivity contribution in [2.45, 2.75) is 37.8 Å². The van der Waals surface area contributed by atoms with Crippen molar-refractivity contribution in [3.05, 3.63) is 42.3 Å². The lowest BCUT2D eigenvalue weighted by molar-refractivity contribution is 0.332. The summed E-state index contributed by atoms with van der Waals surface area (Å²) in [4.78, 5) is 16.0. The van der Waals surface area contributed by atoms with Crippen molar-refractivity contribution in [3.63, 3.8) is 0 Å². The van der Waals surface area contributed by atoms with E-state index in [0.29, 0.717) is 34.3 Å². The minimum Gasteiger partial charge on any atom is -0.507 e. The third-order valence-corrected chi connectivity index (χ3v) is 6.55. The van der Waals surface area contributed by atoms with Crippen LogP contribution < -0.4 is 10.2 Å². The van der Waals surface area contributed by atoms with E-state index in [2.05, 4.69) is 15.2 Å². The molecule has 7 nitrogen and oxygen atoms in total. The molecule has 2 fully saturated rings. The van der Waals surface area contributed by atoms with Gasteiger partial charge >= 0.3 is 0 Å². The highest BCUT2D eigenvalue weighted by Gasteiger charge is 2.45. The van der Waals surface area contributed by atoms with Crippen LogP contribution in [0, 0.1) is 6.92 Å². The Hall–Kier alpha value is -3.26. The molecule has 4 heterocycles. The lowest BCUT2D eigenvalue weighted by Gasteiger charge is -2.21. The first-order valence-electron chi connectivity index (χ1n) is 11.0. The number of hydrogen-bond donors (Lipinski definition) is 2. The van der Waals surface area contributed by atoms with Gasteiger partial charge in [0.2, 0.25) is 0 Å². The molecule has 4 aromatic rings. The Labute approximate surface area is 184 Å². The zero-order valence-electron chi connectivity index (χ0n) is 17.8. The zero-order valence-corrected chi connectivity index (χ0v) is 17.8. The molecule has 32 heavy (non-hydrogen) atoms. The van der Waals surface area contributed by atoms with Crippen molar-refractivity contribution >= 4 is 28.0 Å². The molecule has 3 aromatic heterocycles. The van der Waals surface area contributed by atoms with Gasteiger partial charge in [-0.25, -0.2) is 19.3 Å². The van der Waals surface area contributed by atoms with Crippen LogP contribution in [-0.2, 0) is 0 Å². The van der Waals surface area contributed by atoms with E-state index in [1.165, 1.54) is 0 Å². The number of aryl methyl sites for hydroxylation is 1. The van der Waals surface area contributed by atoms with Gasteiger partial charge in [0.15, 0.2) is 11.5 Å². The fourth-order valence-corrected chi connectivity index (χ4v) is 4.59. The molecule has 8 heteroatoms. The average Bonchev–Trinajstić information content (AvgIpc) is 3.24. The van der Waals surface area contributed by atoms with Crippen LogP contribution in [-0.4, -0.2) is 51.4 Å². The SMILES string of the molecule is Cc1nc2cc(O)c(-c3ccc4nc(N5CC[C@H](NC6(CF)CC6)C5)ccc4n3)cc2o1. The number of alkyl halides is 1. The number of fused-ring (bicyclic) bond motifs is 2. The van der Waals surface area contributed by atoms with Crippen molar-refractivity contribution in [1.29, 1.82) is 0 Å². The van der Waals surface area contributed by atoms with Crippen LogP contribution in [0.1, 0.15) is 25.2 Å². The third kappa shape index (κ3) is 3.35. The van der Waals surface area contributed by atoms with E-state index < -0.39 is 0 Å². The number of nitrogens with one attached hydrogen (secondary N) is 1. The smallest absolute Gasteiger partial charge is 0.192 e. The van der Waals surface area contributed by atoms with E-state index in [1.807, 2.05) is 24.3 Å². The van der Waals surface area contributed by atoms with Gasteiger partial charge in [-0.05, 0) is 49.6 Å². The molecule has 0 unspecified atom stereocenters. The highest BCUT2D eigenvalue weighted by atomic mass is 19.1. The number of oxazole rings is 1. The summed E-state index contributed by atoms with van der Waals surface area (Å²) in [6, 6.07) is 11.4. The molecule has 1 saturated heterocycles. The van der Waals surface area contributed by atoms with Crippen LogP contribution in [0.4, 0.5) is 10.2 Å². The van der Waals surface area contributed by atoms with Gasteiger partial charge in [-0.2, -0.15) is 0 Å². The van der Waals surface area contributed by atoms with Gasteiger partial charge in [0.1, 0.15) is 23.8 Å². The molecule has 2 N–H and O–H groups in total. The lowest BCUT2D eigenvalue weighted by atomic mass is 10.1. The highest BCUT2D eigenvalue weighted by Crippen LogP contribution is 2.37. The number of nitrogens with zero attached hydrogens (tertiary/aromatic N) is 4. The van der Waals surface area contributed by atoms with Crippen LogP contribution in [0.25, 0.3) is 33.4 Å². The van der Waals surface area contributed by atoms with Gasteiger partial charge in [-0.15, -0.1) is 0 Å². The molecule has 0 bridgehead atoms. The Balaban J connectivity index is 1.26.